The molecule has 2 heterocycles. The number of fused-ring (bicyclic) bond motifs is 5. The molecule has 0 radical (unpaired) electrons. The van der Waals surface area contributed by atoms with Crippen molar-refractivity contribution in [2.24, 2.45) is 4.99 Å². The summed E-state index contributed by atoms with van der Waals surface area (Å²) in [6.45, 7) is 4.57. The quantitative estimate of drug-likeness (QED) is 0.305. The Morgan fingerprint density at radius 2 is 1.33 bits per heavy atom. The second kappa shape index (κ2) is 6.17. The van der Waals surface area contributed by atoms with Crippen LogP contribution in [0, 0.1) is 0 Å². The van der Waals surface area contributed by atoms with Crippen LogP contribution in [0.5, 0.6) is 0 Å². The van der Waals surface area contributed by atoms with Crippen molar-refractivity contribution >= 4 is 33.2 Å². The number of hydrogen-bond donors (Lipinski definition) is 0. The van der Waals surface area contributed by atoms with Crippen LogP contribution in [0.25, 0.3) is 27.5 Å². The molecule has 1 aromatic heterocycles. The number of aliphatic imine (C=N–C) groups is 1. The molecule has 0 aliphatic carbocycles. The molecule has 0 atom stereocenters. The van der Waals surface area contributed by atoms with Crippen LogP contribution in [0.3, 0.4) is 0 Å². The average molecular weight is 386 g/mol. The van der Waals surface area contributed by atoms with Crippen LogP contribution in [0.2, 0.25) is 0 Å². The molecule has 5 aromatic rings. The molecule has 0 unspecified atom stereocenters. The third-order valence-electron chi connectivity index (χ3n) is 6.36. The van der Waals surface area contributed by atoms with Gasteiger partial charge in [0.1, 0.15) is 0 Å². The first-order valence-corrected chi connectivity index (χ1v) is 10.4. The fourth-order valence-corrected chi connectivity index (χ4v) is 4.92. The van der Waals surface area contributed by atoms with E-state index in [1.165, 1.54) is 38.6 Å². The van der Waals surface area contributed by atoms with E-state index in [0.29, 0.717) is 0 Å². The molecule has 0 saturated carbocycles. The van der Waals surface area contributed by atoms with Gasteiger partial charge in [0.25, 0.3) is 0 Å². The molecule has 0 bridgehead atoms. The van der Waals surface area contributed by atoms with E-state index in [9.17, 15) is 0 Å². The fraction of sp³-hybridized carbons (Fsp3) is 0.107. The Kier molecular flexibility index (Phi) is 3.54. The van der Waals surface area contributed by atoms with E-state index < -0.39 is 0 Å². The predicted molar refractivity (Wildman–Crippen MR) is 126 cm³/mol. The first-order chi connectivity index (χ1) is 14.7. The van der Waals surface area contributed by atoms with Crippen LogP contribution in [0.15, 0.2) is 102 Å². The molecule has 2 heteroatoms. The summed E-state index contributed by atoms with van der Waals surface area (Å²) < 4.78 is 2.36. The van der Waals surface area contributed by atoms with E-state index in [0.717, 1.165) is 11.4 Å². The van der Waals surface area contributed by atoms with E-state index in [1.807, 2.05) is 0 Å². The van der Waals surface area contributed by atoms with Crippen molar-refractivity contribution in [2.75, 3.05) is 0 Å². The molecule has 0 amide bonds. The van der Waals surface area contributed by atoms with E-state index in [1.54, 1.807) is 0 Å². The van der Waals surface area contributed by atoms with Gasteiger partial charge in [0.2, 0.25) is 0 Å². The molecule has 0 saturated heterocycles. The number of hydrogen-bond acceptors (Lipinski definition) is 1. The van der Waals surface area contributed by atoms with Gasteiger partial charge in [-0.1, -0.05) is 86.6 Å². The Bertz CT molecular complexity index is 1440. The third-order valence-corrected chi connectivity index (χ3v) is 6.36. The van der Waals surface area contributed by atoms with Crippen molar-refractivity contribution in [1.29, 1.82) is 0 Å². The second-order valence-corrected chi connectivity index (χ2v) is 8.50. The molecule has 4 aromatic carbocycles. The van der Waals surface area contributed by atoms with E-state index in [4.69, 9.17) is 4.99 Å². The molecular formula is C28H22N2. The summed E-state index contributed by atoms with van der Waals surface area (Å²) >= 11 is 0. The summed E-state index contributed by atoms with van der Waals surface area (Å²) in [6, 6.07) is 34.4. The molecule has 0 fully saturated rings. The van der Waals surface area contributed by atoms with Crippen LogP contribution in [0.1, 0.15) is 25.0 Å². The topological polar surface area (TPSA) is 17.3 Å². The summed E-state index contributed by atoms with van der Waals surface area (Å²) in [4.78, 5) is 5.26. The molecule has 1 aliphatic rings. The number of para-hydroxylation sites is 2. The van der Waals surface area contributed by atoms with Crippen molar-refractivity contribution < 1.29 is 0 Å². The van der Waals surface area contributed by atoms with Gasteiger partial charge in [0, 0.05) is 21.9 Å². The molecule has 2 nitrogen and oxygen atoms in total. The number of rotatable bonds is 2. The Balaban J connectivity index is 1.73. The van der Waals surface area contributed by atoms with Crippen LogP contribution < -0.4 is 0 Å². The van der Waals surface area contributed by atoms with Crippen molar-refractivity contribution in [3.05, 3.63) is 108 Å². The normalized spacial score (nSPS) is 14.8. The van der Waals surface area contributed by atoms with Gasteiger partial charge in [0.15, 0.2) is 0 Å². The summed E-state index contributed by atoms with van der Waals surface area (Å²) in [5.41, 5.74) is 8.20. The lowest BCUT2D eigenvalue weighted by atomic mass is 9.78. The van der Waals surface area contributed by atoms with E-state index in [-0.39, 0.29) is 5.41 Å². The van der Waals surface area contributed by atoms with Gasteiger partial charge in [-0.2, -0.15) is 0 Å². The van der Waals surface area contributed by atoms with Gasteiger partial charge < -0.3 is 4.57 Å². The maximum absolute atomic E-state index is 5.26. The highest BCUT2D eigenvalue weighted by molar-refractivity contribution is 6.21. The zero-order chi connectivity index (χ0) is 20.3. The Hall–Kier alpha value is -3.65. The SMILES string of the molecule is CC1(C)C(c2ccccc2)=Nc2c1ccc1c2c2ccccc2n1-c1ccccc1. The van der Waals surface area contributed by atoms with Crippen molar-refractivity contribution in [1.82, 2.24) is 4.57 Å². The lowest BCUT2D eigenvalue weighted by Crippen LogP contribution is -2.26. The maximum Gasteiger partial charge on any atom is 0.0775 e. The van der Waals surface area contributed by atoms with Crippen molar-refractivity contribution in [2.45, 2.75) is 19.3 Å². The Labute approximate surface area is 176 Å². The summed E-state index contributed by atoms with van der Waals surface area (Å²) in [5, 5.41) is 2.49. The highest BCUT2D eigenvalue weighted by Crippen LogP contribution is 2.48. The number of aromatic nitrogens is 1. The molecule has 30 heavy (non-hydrogen) atoms. The molecule has 1 aliphatic heterocycles. The van der Waals surface area contributed by atoms with Gasteiger partial charge in [-0.25, -0.2) is 0 Å². The van der Waals surface area contributed by atoms with Gasteiger partial charge >= 0.3 is 0 Å². The molecule has 0 spiro atoms. The minimum absolute atomic E-state index is 0.138. The summed E-state index contributed by atoms with van der Waals surface area (Å²) in [5.74, 6) is 0. The third kappa shape index (κ3) is 2.28. The first kappa shape index (κ1) is 17.2. The highest BCUT2D eigenvalue weighted by Gasteiger charge is 2.37. The van der Waals surface area contributed by atoms with E-state index >= 15 is 0 Å². The lowest BCUT2D eigenvalue weighted by molar-refractivity contribution is 0.738. The van der Waals surface area contributed by atoms with Crippen molar-refractivity contribution in [3.63, 3.8) is 0 Å². The van der Waals surface area contributed by atoms with Gasteiger partial charge in [-0.15, -0.1) is 0 Å². The monoisotopic (exact) mass is 386 g/mol. The first-order valence-electron chi connectivity index (χ1n) is 10.4. The van der Waals surface area contributed by atoms with Crippen LogP contribution >= 0.6 is 0 Å². The van der Waals surface area contributed by atoms with Crippen molar-refractivity contribution in [3.8, 4) is 5.69 Å². The highest BCUT2D eigenvalue weighted by atomic mass is 15.0. The Morgan fingerprint density at radius 3 is 2.10 bits per heavy atom. The van der Waals surface area contributed by atoms with Gasteiger partial charge in [-0.3, -0.25) is 4.99 Å². The number of nitrogens with zero attached hydrogens (tertiary/aromatic N) is 2. The molecule has 144 valence electrons. The van der Waals surface area contributed by atoms with Gasteiger partial charge in [0.05, 0.1) is 22.4 Å². The fourth-order valence-electron chi connectivity index (χ4n) is 4.92. The molecule has 0 N–H and O–H groups in total. The maximum atomic E-state index is 5.26. The standard InChI is InChI=1S/C28H22N2/c1-28(2)22-17-18-24-25(26(22)29-27(28)19-11-5-3-6-12-19)21-15-9-10-16-23(21)30(24)20-13-7-4-8-14-20/h3-18H,1-2H3. The van der Waals surface area contributed by atoms with Crippen LogP contribution in [-0.2, 0) is 5.41 Å². The van der Waals surface area contributed by atoms with Gasteiger partial charge in [-0.05, 0) is 35.4 Å². The lowest BCUT2D eigenvalue weighted by Gasteiger charge is -2.22. The smallest absolute Gasteiger partial charge is 0.0775 e. The summed E-state index contributed by atoms with van der Waals surface area (Å²) in [6.07, 6.45) is 0. The molecule has 6 rings (SSSR count). The minimum atomic E-state index is -0.138. The zero-order valence-corrected chi connectivity index (χ0v) is 17.1. The number of benzene rings is 4. The predicted octanol–water partition coefficient (Wildman–Crippen LogP) is 7.20. The summed E-state index contributed by atoms with van der Waals surface area (Å²) in [7, 11) is 0. The Morgan fingerprint density at radius 1 is 0.667 bits per heavy atom. The molecular weight excluding hydrogens is 364 g/mol. The second-order valence-electron chi connectivity index (χ2n) is 8.50. The van der Waals surface area contributed by atoms with Crippen LogP contribution in [0.4, 0.5) is 5.69 Å². The minimum Gasteiger partial charge on any atom is -0.309 e. The zero-order valence-electron chi connectivity index (χ0n) is 17.1. The average Bonchev–Trinajstić information content (AvgIpc) is 3.26. The van der Waals surface area contributed by atoms with E-state index in [2.05, 4.69) is 115 Å². The largest absolute Gasteiger partial charge is 0.309 e. The van der Waals surface area contributed by atoms with Crippen LogP contribution in [-0.4, -0.2) is 10.3 Å².